The molecule has 0 atom stereocenters. The lowest BCUT2D eigenvalue weighted by Crippen LogP contribution is -2.16. The van der Waals surface area contributed by atoms with E-state index in [0.717, 1.165) is 5.56 Å². The second-order valence-corrected chi connectivity index (χ2v) is 3.21. The van der Waals surface area contributed by atoms with E-state index in [-0.39, 0.29) is 5.75 Å². The number of aromatic hydroxyl groups is 1. The molecule has 0 bridgehead atoms. The van der Waals surface area contributed by atoms with Crippen molar-refractivity contribution >= 4 is 5.84 Å². The summed E-state index contributed by atoms with van der Waals surface area (Å²) < 4.78 is 4.86. The van der Waals surface area contributed by atoms with Crippen molar-refractivity contribution < 1.29 is 9.84 Å². The SMILES string of the molecule is COCCN=C(N)Cc1ccc(O)cc1. The Morgan fingerprint density at radius 3 is 2.67 bits per heavy atom. The minimum Gasteiger partial charge on any atom is -0.508 e. The van der Waals surface area contributed by atoms with Crippen LogP contribution in [0.25, 0.3) is 0 Å². The zero-order valence-electron chi connectivity index (χ0n) is 8.81. The van der Waals surface area contributed by atoms with Gasteiger partial charge in [-0.3, -0.25) is 4.99 Å². The Balaban J connectivity index is 2.47. The van der Waals surface area contributed by atoms with E-state index in [2.05, 4.69) is 4.99 Å². The molecule has 3 N–H and O–H groups in total. The van der Waals surface area contributed by atoms with E-state index >= 15 is 0 Å². The van der Waals surface area contributed by atoms with Gasteiger partial charge in [0.05, 0.1) is 19.0 Å². The lowest BCUT2D eigenvalue weighted by molar-refractivity contribution is 0.208. The van der Waals surface area contributed by atoms with Gasteiger partial charge in [0.1, 0.15) is 5.75 Å². The molecule has 4 heteroatoms. The number of phenols is 1. The summed E-state index contributed by atoms with van der Waals surface area (Å²) in [6.45, 7) is 1.16. The van der Waals surface area contributed by atoms with Gasteiger partial charge in [-0.05, 0) is 17.7 Å². The van der Waals surface area contributed by atoms with Crippen molar-refractivity contribution in [3.63, 3.8) is 0 Å². The first-order valence-electron chi connectivity index (χ1n) is 4.78. The maximum Gasteiger partial charge on any atom is 0.115 e. The van der Waals surface area contributed by atoms with Crippen molar-refractivity contribution in [2.45, 2.75) is 6.42 Å². The Bertz CT molecular complexity index is 320. The maximum atomic E-state index is 9.09. The second-order valence-electron chi connectivity index (χ2n) is 3.21. The molecule has 0 fully saturated rings. The Morgan fingerprint density at radius 2 is 2.07 bits per heavy atom. The molecular formula is C11H16N2O2. The van der Waals surface area contributed by atoms with Crippen LogP contribution >= 0.6 is 0 Å². The van der Waals surface area contributed by atoms with Crippen molar-refractivity contribution in [2.75, 3.05) is 20.3 Å². The fourth-order valence-corrected chi connectivity index (χ4v) is 1.16. The van der Waals surface area contributed by atoms with Gasteiger partial charge in [0.2, 0.25) is 0 Å². The highest BCUT2D eigenvalue weighted by Crippen LogP contribution is 2.09. The summed E-state index contributed by atoms with van der Waals surface area (Å²) >= 11 is 0. The third kappa shape index (κ3) is 4.46. The van der Waals surface area contributed by atoms with Gasteiger partial charge >= 0.3 is 0 Å². The normalized spacial score (nSPS) is 11.7. The molecule has 1 aromatic carbocycles. The second kappa shape index (κ2) is 6.03. The van der Waals surface area contributed by atoms with Gasteiger partial charge < -0.3 is 15.6 Å². The van der Waals surface area contributed by atoms with Crippen molar-refractivity contribution in [3.8, 4) is 5.75 Å². The number of hydrogen-bond acceptors (Lipinski definition) is 3. The van der Waals surface area contributed by atoms with Crippen LogP contribution in [0.5, 0.6) is 5.75 Å². The van der Waals surface area contributed by atoms with Crippen LogP contribution in [-0.2, 0) is 11.2 Å². The third-order valence-electron chi connectivity index (χ3n) is 1.93. The molecule has 0 aliphatic rings. The topological polar surface area (TPSA) is 67.8 Å². The van der Waals surface area contributed by atoms with Crippen molar-refractivity contribution in [1.82, 2.24) is 0 Å². The van der Waals surface area contributed by atoms with Crippen LogP contribution in [-0.4, -0.2) is 31.2 Å². The summed E-state index contributed by atoms with van der Waals surface area (Å²) in [6.07, 6.45) is 0.601. The van der Waals surface area contributed by atoms with Crippen LogP contribution in [0, 0.1) is 0 Å². The van der Waals surface area contributed by atoms with Crippen LogP contribution in [0.15, 0.2) is 29.3 Å². The average molecular weight is 208 g/mol. The predicted molar refractivity (Wildman–Crippen MR) is 60.2 cm³/mol. The number of nitrogens with two attached hydrogens (primary N) is 1. The quantitative estimate of drug-likeness (QED) is 0.430. The van der Waals surface area contributed by atoms with E-state index in [1.54, 1.807) is 19.2 Å². The maximum absolute atomic E-state index is 9.09. The van der Waals surface area contributed by atoms with Crippen molar-refractivity contribution in [3.05, 3.63) is 29.8 Å². The molecule has 0 saturated carbocycles. The highest BCUT2D eigenvalue weighted by molar-refractivity contribution is 5.82. The van der Waals surface area contributed by atoms with Crippen molar-refractivity contribution in [1.29, 1.82) is 0 Å². The largest absolute Gasteiger partial charge is 0.508 e. The summed E-state index contributed by atoms with van der Waals surface area (Å²) in [5.41, 5.74) is 6.75. The summed E-state index contributed by atoms with van der Waals surface area (Å²) in [5.74, 6) is 0.839. The number of nitrogens with zero attached hydrogens (tertiary/aromatic N) is 1. The highest BCUT2D eigenvalue weighted by atomic mass is 16.5. The number of aliphatic imine (C=N–C) groups is 1. The Kier molecular flexibility index (Phi) is 4.63. The number of ether oxygens (including phenoxy) is 1. The van der Waals surface area contributed by atoms with Crippen LogP contribution < -0.4 is 5.73 Å². The van der Waals surface area contributed by atoms with E-state index in [4.69, 9.17) is 15.6 Å². The summed E-state index contributed by atoms with van der Waals surface area (Å²) in [5, 5.41) is 9.09. The molecule has 82 valence electrons. The molecular weight excluding hydrogens is 192 g/mol. The molecule has 0 amide bonds. The fraction of sp³-hybridized carbons (Fsp3) is 0.364. The molecule has 15 heavy (non-hydrogen) atoms. The van der Waals surface area contributed by atoms with Crippen LogP contribution in [0.2, 0.25) is 0 Å². The summed E-state index contributed by atoms with van der Waals surface area (Å²) in [7, 11) is 1.63. The van der Waals surface area contributed by atoms with E-state index in [0.29, 0.717) is 25.4 Å². The Hall–Kier alpha value is -1.55. The number of amidine groups is 1. The van der Waals surface area contributed by atoms with E-state index in [9.17, 15) is 0 Å². The smallest absolute Gasteiger partial charge is 0.115 e. The number of phenolic OH excluding ortho intramolecular Hbond substituents is 1. The van der Waals surface area contributed by atoms with Gasteiger partial charge in [0.15, 0.2) is 0 Å². The van der Waals surface area contributed by atoms with Gasteiger partial charge in [0, 0.05) is 13.5 Å². The fourth-order valence-electron chi connectivity index (χ4n) is 1.16. The zero-order valence-corrected chi connectivity index (χ0v) is 8.81. The van der Waals surface area contributed by atoms with Gasteiger partial charge in [0.25, 0.3) is 0 Å². The molecule has 0 unspecified atom stereocenters. The Labute approximate surface area is 89.4 Å². The molecule has 0 aromatic heterocycles. The van der Waals surface area contributed by atoms with E-state index < -0.39 is 0 Å². The molecule has 0 aliphatic carbocycles. The van der Waals surface area contributed by atoms with Gasteiger partial charge in [-0.2, -0.15) is 0 Å². The predicted octanol–water partition coefficient (Wildman–Crippen LogP) is 0.938. The first-order chi connectivity index (χ1) is 7.22. The van der Waals surface area contributed by atoms with Gasteiger partial charge in [-0.25, -0.2) is 0 Å². The highest BCUT2D eigenvalue weighted by Gasteiger charge is 1.96. The van der Waals surface area contributed by atoms with Gasteiger partial charge in [-0.1, -0.05) is 12.1 Å². The molecule has 1 aromatic rings. The van der Waals surface area contributed by atoms with E-state index in [1.807, 2.05) is 12.1 Å². The van der Waals surface area contributed by atoms with Crippen molar-refractivity contribution in [2.24, 2.45) is 10.7 Å². The number of methoxy groups -OCH3 is 1. The van der Waals surface area contributed by atoms with E-state index in [1.165, 1.54) is 0 Å². The third-order valence-corrected chi connectivity index (χ3v) is 1.93. The average Bonchev–Trinajstić information content (AvgIpc) is 2.22. The lowest BCUT2D eigenvalue weighted by atomic mass is 10.1. The van der Waals surface area contributed by atoms with Crippen LogP contribution in [0.3, 0.4) is 0 Å². The molecule has 0 spiro atoms. The number of benzene rings is 1. The molecule has 0 aliphatic heterocycles. The zero-order chi connectivity index (χ0) is 11.1. The first kappa shape index (κ1) is 11.5. The summed E-state index contributed by atoms with van der Waals surface area (Å²) in [4.78, 5) is 4.14. The lowest BCUT2D eigenvalue weighted by Gasteiger charge is -2.01. The number of rotatable bonds is 5. The molecule has 0 saturated heterocycles. The molecule has 4 nitrogen and oxygen atoms in total. The van der Waals surface area contributed by atoms with Gasteiger partial charge in [-0.15, -0.1) is 0 Å². The molecule has 0 heterocycles. The monoisotopic (exact) mass is 208 g/mol. The number of hydrogen-bond donors (Lipinski definition) is 2. The first-order valence-corrected chi connectivity index (χ1v) is 4.78. The minimum atomic E-state index is 0.258. The summed E-state index contributed by atoms with van der Waals surface area (Å²) in [6, 6.07) is 6.93. The Morgan fingerprint density at radius 1 is 1.40 bits per heavy atom. The standard InChI is InChI=1S/C11H16N2O2/c1-15-7-6-13-11(12)8-9-2-4-10(14)5-3-9/h2-5,14H,6-8H2,1H3,(H2,12,13). The molecule has 0 radical (unpaired) electrons. The minimum absolute atomic E-state index is 0.258. The van der Waals surface area contributed by atoms with Crippen LogP contribution in [0.1, 0.15) is 5.56 Å². The molecule has 1 rings (SSSR count). The van der Waals surface area contributed by atoms with Crippen LogP contribution in [0.4, 0.5) is 0 Å².